The predicted octanol–water partition coefficient (Wildman–Crippen LogP) is 4.62. The first-order chi connectivity index (χ1) is 17.3. The van der Waals surface area contributed by atoms with Gasteiger partial charge in [0.25, 0.3) is 5.91 Å². The van der Waals surface area contributed by atoms with Crippen LogP contribution in [-0.2, 0) is 5.41 Å². The van der Waals surface area contributed by atoms with E-state index in [2.05, 4.69) is 53.6 Å². The molecule has 2 saturated heterocycles. The third kappa shape index (κ3) is 4.04. The van der Waals surface area contributed by atoms with Crippen molar-refractivity contribution in [2.75, 3.05) is 38.6 Å². The number of anilines is 1. The minimum atomic E-state index is -0.125. The topological polar surface area (TPSA) is 71.7 Å². The number of H-pyrrole nitrogens is 1. The van der Waals surface area contributed by atoms with Gasteiger partial charge in [-0.1, -0.05) is 29.8 Å². The van der Waals surface area contributed by atoms with Crippen molar-refractivity contribution in [1.82, 2.24) is 20.1 Å². The summed E-state index contributed by atoms with van der Waals surface area (Å²) in [6, 6.07) is 14.0. The molecule has 3 aliphatic rings. The highest BCUT2D eigenvalue weighted by atomic mass is 35.5. The number of halogens is 1. The Hall–Kier alpha value is -3.03. The number of fused-ring (bicyclic) bond motifs is 2. The van der Waals surface area contributed by atoms with E-state index in [9.17, 15) is 9.59 Å². The van der Waals surface area contributed by atoms with Crippen molar-refractivity contribution in [3.8, 4) is 0 Å². The highest BCUT2D eigenvalue weighted by Gasteiger charge is 2.46. The first-order valence-electron chi connectivity index (χ1n) is 12.8. The molecule has 3 fully saturated rings. The van der Waals surface area contributed by atoms with Gasteiger partial charge in [0.15, 0.2) is 0 Å². The van der Waals surface area contributed by atoms with Gasteiger partial charge in [-0.05, 0) is 69.6 Å². The Morgan fingerprint density at radius 2 is 1.97 bits per heavy atom. The Kier molecular flexibility index (Phi) is 5.73. The third-order valence-electron chi connectivity index (χ3n) is 8.10. The molecule has 3 amide bonds. The van der Waals surface area contributed by atoms with Crippen LogP contribution in [0.4, 0.5) is 10.5 Å². The van der Waals surface area contributed by atoms with Crippen molar-refractivity contribution in [3.63, 3.8) is 0 Å². The van der Waals surface area contributed by atoms with Crippen LogP contribution in [0.2, 0.25) is 5.02 Å². The zero-order chi connectivity index (χ0) is 25.0. The molecule has 1 saturated carbocycles. The third-order valence-corrected chi connectivity index (χ3v) is 8.41. The molecular formula is C28H32ClN5O2. The first-order valence-corrected chi connectivity index (χ1v) is 13.1. The fourth-order valence-corrected chi connectivity index (χ4v) is 6.32. The quantitative estimate of drug-likeness (QED) is 0.513. The summed E-state index contributed by atoms with van der Waals surface area (Å²) < 4.78 is 0. The number of carbonyl (C=O) groups excluding carboxylic acids is 2. The average Bonchev–Trinajstić information content (AvgIpc) is 3.43. The Bertz CT molecular complexity index is 1310. The van der Waals surface area contributed by atoms with Gasteiger partial charge < -0.3 is 20.1 Å². The Morgan fingerprint density at radius 3 is 2.69 bits per heavy atom. The first kappa shape index (κ1) is 23.4. The van der Waals surface area contributed by atoms with Gasteiger partial charge in [0.1, 0.15) is 0 Å². The van der Waals surface area contributed by atoms with Gasteiger partial charge in [-0.15, -0.1) is 0 Å². The molecule has 3 heterocycles. The van der Waals surface area contributed by atoms with E-state index < -0.39 is 0 Å². The van der Waals surface area contributed by atoms with Crippen LogP contribution in [0.15, 0.2) is 48.7 Å². The average molecular weight is 506 g/mol. The van der Waals surface area contributed by atoms with Crippen LogP contribution in [0.1, 0.15) is 41.6 Å². The Balaban J connectivity index is 1.17. The monoisotopic (exact) mass is 505 g/mol. The van der Waals surface area contributed by atoms with Crippen LogP contribution in [0.25, 0.3) is 10.9 Å². The number of aromatic nitrogens is 1. The summed E-state index contributed by atoms with van der Waals surface area (Å²) in [6.07, 6.45) is 5.89. The number of benzene rings is 2. The molecule has 8 heteroatoms. The largest absolute Gasteiger partial charge is 0.360 e. The zero-order valence-corrected chi connectivity index (χ0v) is 21.5. The summed E-state index contributed by atoms with van der Waals surface area (Å²) in [4.78, 5) is 35.6. The van der Waals surface area contributed by atoms with E-state index in [1.165, 1.54) is 18.4 Å². The Labute approximate surface area is 216 Å². The SMILES string of the molecule is CN(C)CC1(c2ccc(N3C[C@@H]4[C@H](NC(=O)c5ccc6c(Cl)c[nH]c6c5)CCCN4C3=O)cc2)CC1. The molecule has 2 N–H and O–H groups in total. The van der Waals surface area contributed by atoms with Crippen LogP contribution in [0.5, 0.6) is 0 Å². The normalized spacial score (nSPS) is 22.8. The lowest BCUT2D eigenvalue weighted by Gasteiger charge is -2.35. The number of hydrogen-bond donors (Lipinski definition) is 2. The minimum absolute atomic E-state index is 0.0311. The van der Waals surface area contributed by atoms with E-state index in [0.717, 1.165) is 42.5 Å². The molecule has 2 aromatic carbocycles. The summed E-state index contributed by atoms with van der Waals surface area (Å²) in [6.45, 7) is 2.36. The second-order valence-corrected chi connectivity index (χ2v) is 11.2. The predicted molar refractivity (Wildman–Crippen MR) is 143 cm³/mol. The van der Waals surface area contributed by atoms with Crippen LogP contribution >= 0.6 is 11.6 Å². The van der Waals surface area contributed by atoms with E-state index in [-0.39, 0.29) is 29.4 Å². The molecule has 0 bridgehead atoms. The molecule has 36 heavy (non-hydrogen) atoms. The van der Waals surface area contributed by atoms with Gasteiger partial charge in [0, 0.05) is 46.9 Å². The summed E-state index contributed by atoms with van der Waals surface area (Å²) in [5, 5.41) is 4.75. The maximum Gasteiger partial charge on any atom is 0.324 e. The van der Waals surface area contributed by atoms with Crippen LogP contribution in [-0.4, -0.2) is 72.5 Å². The molecule has 2 aliphatic heterocycles. The van der Waals surface area contributed by atoms with E-state index in [1.807, 2.05) is 21.9 Å². The number of carbonyl (C=O) groups is 2. The molecule has 0 radical (unpaired) electrons. The molecule has 0 unspecified atom stereocenters. The van der Waals surface area contributed by atoms with Crippen molar-refractivity contribution in [1.29, 1.82) is 0 Å². The molecule has 1 aliphatic carbocycles. The van der Waals surface area contributed by atoms with Crippen molar-refractivity contribution in [2.45, 2.75) is 43.2 Å². The molecule has 6 rings (SSSR count). The standard InChI is InChI=1S/C28H32ClN5O2/c1-32(2)17-28(11-12-28)19-6-8-20(9-7-19)34-16-25-23(4-3-13-33(25)27(34)36)31-26(35)18-5-10-21-22(29)15-30-24(21)14-18/h5-10,14-15,23,25,30H,3-4,11-13,16-17H2,1-2H3,(H,31,35)/t23-,25-/m1/s1. The maximum atomic E-state index is 13.3. The second kappa shape index (κ2) is 8.82. The number of nitrogens with zero attached hydrogens (tertiary/aromatic N) is 3. The number of nitrogens with one attached hydrogen (secondary N) is 2. The number of rotatable bonds is 6. The summed E-state index contributed by atoms with van der Waals surface area (Å²) in [5.41, 5.74) is 3.97. The second-order valence-electron chi connectivity index (χ2n) is 10.8. The lowest BCUT2D eigenvalue weighted by Crippen LogP contribution is -2.54. The molecule has 3 aromatic rings. The van der Waals surface area contributed by atoms with Gasteiger partial charge in [0.2, 0.25) is 0 Å². The highest BCUT2D eigenvalue weighted by Crippen LogP contribution is 2.48. The zero-order valence-electron chi connectivity index (χ0n) is 20.8. The lowest BCUT2D eigenvalue weighted by molar-refractivity contribution is 0.0887. The number of urea groups is 1. The van der Waals surface area contributed by atoms with Gasteiger partial charge in [-0.25, -0.2) is 4.79 Å². The summed E-state index contributed by atoms with van der Waals surface area (Å²) in [5.74, 6) is -0.125. The molecule has 0 spiro atoms. The van der Waals surface area contributed by atoms with Gasteiger partial charge in [-0.2, -0.15) is 0 Å². The molecular weight excluding hydrogens is 474 g/mol. The van der Waals surface area contributed by atoms with Gasteiger partial charge in [-0.3, -0.25) is 9.69 Å². The molecule has 2 atom stereocenters. The van der Waals surface area contributed by atoms with Gasteiger partial charge >= 0.3 is 6.03 Å². The molecule has 1 aromatic heterocycles. The smallest absolute Gasteiger partial charge is 0.324 e. The molecule has 188 valence electrons. The maximum absolute atomic E-state index is 13.3. The number of amides is 3. The fourth-order valence-electron chi connectivity index (χ4n) is 6.10. The van der Waals surface area contributed by atoms with E-state index in [0.29, 0.717) is 17.1 Å². The van der Waals surface area contributed by atoms with Crippen LogP contribution in [0, 0.1) is 0 Å². The van der Waals surface area contributed by atoms with Crippen molar-refractivity contribution < 1.29 is 9.59 Å². The minimum Gasteiger partial charge on any atom is -0.360 e. The van der Waals surface area contributed by atoms with Gasteiger partial charge in [0.05, 0.1) is 23.7 Å². The summed E-state index contributed by atoms with van der Waals surface area (Å²) in [7, 11) is 4.24. The highest BCUT2D eigenvalue weighted by molar-refractivity contribution is 6.35. The van der Waals surface area contributed by atoms with Crippen molar-refractivity contribution >= 4 is 40.1 Å². The van der Waals surface area contributed by atoms with E-state index >= 15 is 0 Å². The number of aromatic amines is 1. The number of piperidine rings is 1. The number of hydrogen-bond acceptors (Lipinski definition) is 3. The molecule has 7 nitrogen and oxygen atoms in total. The lowest BCUT2D eigenvalue weighted by atomic mass is 9.95. The van der Waals surface area contributed by atoms with E-state index in [1.54, 1.807) is 12.3 Å². The summed E-state index contributed by atoms with van der Waals surface area (Å²) >= 11 is 6.18. The van der Waals surface area contributed by atoms with Crippen LogP contribution < -0.4 is 10.2 Å². The van der Waals surface area contributed by atoms with Crippen molar-refractivity contribution in [2.24, 2.45) is 0 Å². The number of likely N-dealkylation sites (N-methyl/N-ethyl adjacent to an activating group) is 1. The van der Waals surface area contributed by atoms with Crippen molar-refractivity contribution in [3.05, 3.63) is 64.8 Å². The Morgan fingerprint density at radius 1 is 1.19 bits per heavy atom. The fraction of sp³-hybridized carbons (Fsp3) is 0.429. The van der Waals surface area contributed by atoms with Crippen LogP contribution in [0.3, 0.4) is 0 Å². The van der Waals surface area contributed by atoms with E-state index in [4.69, 9.17) is 11.6 Å².